The fourth-order valence-corrected chi connectivity index (χ4v) is 4.43. The monoisotopic (exact) mass is 405 g/mol. The van der Waals surface area contributed by atoms with Gasteiger partial charge in [0.25, 0.3) is 0 Å². The number of hydrogen-bond donors (Lipinski definition) is 0. The zero-order chi connectivity index (χ0) is 18.8. The first-order chi connectivity index (χ1) is 10.7. The molecule has 0 aromatic heterocycles. The predicted molar refractivity (Wildman–Crippen MR) is 84.5 cm³/mol. The molecule has 0 aliphatic heterocycles. The Morgan fingerprint density at radius 1 is 0.833 bits per heavy atom. The Morgan fingerprint density at radius 3 is 1.67 bits per heavy atom. The van der Waals surface area contributed by atoms with Crippen molar-refractivity contribution in [3.05, 3.63) is 29.3 Å². The maximum absolute atomic E-state index is 12.7. The molecule has 0 aliphatic rings. The van der Waals surface area contributed by atoms with Gasteiger partial charge >= 0.3 is 20.4 Å². The first kappa shape index (κ1) is 20.9. The summed E-state index contributed by atoms with van der Waals surface area (Å²) in [5.41, 5.74) is 1.44. The zero-order valence-corrected chi connectivity index (χ0v) is 15.4. The first-order valence-electron chi connectivity index (χ1n) is 6.64. The van der Waals surface area contributed by atoms with Crippen LogP contribution < -0.4 is 0 Å². The molecule has 0 saturated carbocycles. The Balaban J connectivity index is 3.20. The highest BCUT2D eigenvalue weighted by Crippen LogP contribution is 2.19. The number of sulfonamides is 1. The van der Waals surface area contributed by atoms with Gasteiger partial charge < -0.3 is 0 Å². The lowest BCUT2D eigenvalue weighted by Gasteiger charge is -2.21. The predicted octanol–water partition coefficient (Wildman–Crippen LogP) is 0.893. The van der Waals surface area contributed by atoms with Crippen molar-refractivity contribution < 1.29 is 33.0 Å². The number of aryl methyl sites for hydroxylation is 2. The van der Waals surface area contributed by atoms with Crippen molar-refractivity contribution in [2.75, 3.05) is 24.6 Å². The van der Waals surface area contributed by atoms with Gasteiger partial charge in [-0.2, -0.15) is 21.1 Å². The summed E-state index contributed by atoms with van der Waals surface area (Å²) in [6.07, 6.45) is 0. The van der Waals surface area contributed by atoms with Gasteiger partial charge in [0, 0.05) is 13.1 Å². The molecular formula is C12H17F2NO6S3. The van der Waals surface area contributed by atoms with E-state index >= 15 is 0 Å². The average Bonchev–Trinajstić information content (AvgIpc) is 2.38. The SMILES string of the molecule is Cc1ccc(S(=O)(=O)N(CCS(=O)(=O)F)CCS(=O)(=O)F)cc1C. The minimum atomic E-state index is -4.98. The Bertz CT molecular complexity index is 874. The van der Waals surface area contributed by atoms with Gasteiger partial charge in [0.15, 0.2) is 0 Å². The van der Waals surface area contributed by atoms with E-state index in [4.69, 9.17) is 0 Å². The summed E-state index contributed by atoms with van der Waals surface area (Å²) in [4.78, 5) is -0.224. The summed E-state index contributed by atoms with van der Waals surface area (Å²) in [7, 11) is -14.3. The number of rotatable bonds is 8. The van der Waals surface area contributed by atoms with Gasteiger partial charge in [-0.15, -0.1) is 7.77 Å². The molecule has 12 heteroatoms. The van der Waals surface area contributed by atoms with Crippen LogP contribution in [0.1, 0.15) is 11.1 Å². The van der Waals surface area contributed by atoms with Crippen LogP contribution in [-0.2, 0) is 30.5 Å². The Hall–Kier alpha value is -1.11. The molecule has 0 N–H and O–H groups in total. The number of nitrogens with zero attached hydrogens (tertiary/aromatic N) is 1. The topological polar surface area (TPSA) is 106 Å². The molecule has 0 heterocycles. The Kier molecular flexibility index (Phi) is 6.47. The van der Waals surface area contributed by atoms with Gasteiger partial charge in [-0.3, -0.25) is 0 Å². The largest absolute Gasteiger partial charge is 0.303 e. The molecule has 1 aromatic carbocycles. The van der Waals surface area contributed by atoms with Crippen LogP contribution in [0.25, 0.3) is 0 Å². The van der Waals surface area contributed by atoms with E-state index in [0.717, 1.165) is 5.56 Å². The summed E-state index contributed by atoms with van der Waals surface area (Å²) in [6.45, 7) is 1.73. The van der Waals surface area contributed by atoms with Crippen LogP contribution >= 0.6 is 0 Å². The van der Waals surface area contributed by atoms with Crippen LogP contribution in [-0.4, -0.2) is 54.2 Å². The van der Waals surface area contributed by atoms with Crippen molar-refractivity contribution in [1.29, 1.82) is 0 Å². The lowest BCUT2D eigenvalue weighted by Crippen LogP contribution is -2.37. The summed E-state index contributed by atoms with van der Waals surface area (Å²) in [6, 6.07) is 4.07. The fraction of sp³-hybridized carbons (Fsp3) is 0.500. The van der Waals surface area contributed by atoms with E-state index in [0.29, 0.717) is 9.87 Å². The van der Waals surface area contributed by atoms with Crippen molar-refractivity contribution in [2.24, 2.45) is 0 Å². The third-order valence-electron chi connectivity index (χ3n) is 3.29. The van der Waals surface area contributed by atoms with Gasteiger partial charge in [0.2, 0.25) is 10.0 Å². The second kappa shape index (κ2) is 7.42. The van der Waals surface area contributed by atoms with Crippen molar-refractivity contribution in [3.8, 4) is 0 Å². The number of hydrogen-bond acceptors (Lipinski definition) is 6. The van der Waals surface area contributed by atoms with E-state index in [1.54, 1.807) is 13.8 Å². The van der Waals surface area contributed by atoms with Gasteiger partial charge in [-0.25, -0.2) is 8.42 Å². The van der Waals surface area contributed by atoms with Crippen molar-refractivity contribution in [3.63, 3.8) is 0 Å². The zero-order valence-electron chi connectivity index (χ0n) is 12.9. The van der Waals surface area contributed by atoms with Gasteiger partial charge in [-0.1, -0.05) is 6.07 Å². The third-order valence-corrected chi connectivity index (χ3v) is 6.52. The fourth-order valence-electron chi connectivity index (χ4n) is 1.80. The minimum Gasteiger partial charge on any atom is -0.207 e. The molecule has 0 fully saturated rings. The molecule has 0 atom stereocenters. The van der Waals surface area contributed by atoms with Crippen LogP contribution in [0, 0.1) is 13.8 Å². The lowest BCUT2D eigenvalue weighted by atomic mass is 10.1. The lowest BCUT2D eigenvalue weighted by molar-refractivity contribution is 0.438. The summed E-state index contributed by atoms with van der Waals surface area (Å²) in [5, 5.41) is 0. The van der Waals surface area contributed by atoms with Crippen molar-refractivity contribution in [1.82, 2.24) is 4.31 Å². The van der Waals surface area contributed by atoms with E-state index in [2.05, 4.69) is 0 Å². The number of benzene rings is 1. The molecule has 0 unspecified atom stereocenters. The van der Waals surface area contributed by atoms with E-state index in [1.807, 2.05) is 0 Å². The minimum absolute atomic E-state index is 0.224. The second-order valence-electron chi connectivity index (χ2n) is 5.14. The molecule has 24 heavy (non-hydrogen) atoms. The molecule has 0 bridgehead atoms. The van der Waals surface area contributed by atoms with E-state index < -0.39 is 55.1 Å². The van der Waals surface area contributed by atoms with Crippen LogP contribution in [0.5, 0.6) is 0 Å². The van der Waals surface area contributed by atoms with Gasteiger partial charge in [0.05, 0.1) is 16.4 Å². The Morgan fingerprint density at radius 2 is 1.29 bits per heavy atom. The molecular weight excluding hydrogens is 388 g/mol. The van der Waals surface area contributed by atoms with E-state index in [9.17, 15) is 33.0 Å². The highest BCUT2D eigenvalue weighted by Gasteiger charge is 2.28. The van der Waals surface area contributed by atoms with Crippen molar-refractivity contribution >= 4 is 30.5 Å². The highest BCUT2D eigenvalue weighted by atomic mass is 32.3. The summed E-state index contributed by atoms with van der Waals surface area (Å²) in [5.74, 6) is -2.33. The normalized spacial score (nSPS) is 13.4. The molecule has 1 rings (SSSR count). The maximum Gasteiger partial charge on any atom is 0.303 e. The quantitative estimate of drug-likeness (QED) is 0.595. The van der Waals surface area contributed by atoms with Crippen LogP contribution in [0.4, 0.5) is 7.77 Å². The molecule has 0 amide bonds. The average molecular weight is 405 g/mol. The van der Waals surface area contributed by atoms with Crippen molar-refractivity contribution in [2.45, 2.75) is 18.7 Å². The molecule has 0 spiro atoms. The van der Waals surface area contributed by atoms with Crippen LogP contribution in [0.3, 0.4) is 0 Å². The number of halogens is 2. The second-order valence-corrected chi connectivity index (χ2v) is 10.0. The first-order valence-corrected chi connectivity index (χ1v) is 11.2. The highest BCUT2D eigenvalue weighted by molar-refractivity contribution is 7.89. The van der Waals surface area contributed by atoms with Crippen LogP contribution in [0.15, 0.2) is 23.1 Å². The third kappa shape index (κ3) is 6.42. The van der Waals surface area contributed by atoms with Gasteiger partial charge in [-0.05, 0) is 37.1 Å². The molecule has 1 aromatic rings. The molecule has 138 valence electrons. The summed E-state index contributed by atoms with van der Waals surface area (Å²) >= 11 is 0. The molecule has 0 saturated heterocycles. The van der Waals surface area contributed by atoms with E-state index in [1.165, 1.54) is 18.2 Å². The molecule has 0 aliphatic carbocycles. The maximum atomic E-state index is 12.7. The summed E-state index contributed by atoms with van der Waals surface area (Å²) < 4.78 is 93.3. The standard InChI is InChI=1S/C12H17F2NO6S3/c1-10-3-4-12(9-11(10)2)24(20,21)15(5-7-22(13,16)17)6-8-23(14,18)19/h3-4,9H,5-8H2,1-2H3. The van der Waals surface area contributed by atoms with Crippen LogP contribution in [0.2, 0.25) is 0 Å². The van der Waals surface area contributed by atoms with Gasteiger partial charge in [0.1, 0.15) is 0 Å². The Labute approximate surface area is 140 Å². The molecule has 0 radical (unpaired) electrons. The smallest absolute Gasteiger partial charge is 0.207 e. The van der Waals surface area contributed by atoms with E-state index in [-0.39, 0.29) is 4.90 Å². The molecule has 7 nitrogen and oxygen atoms in total.